The van der Waals surface area contributed by atoms with E-state index < -0.39 is 6.03 Å². The molecule has 2 aromatic heterocycles. The third-order valence-electron chi connectivity index (χ3n) is 6.57. The summed E-state index contributed by atoms with van der Waals surface area (Å²) in [5, 5.41) is 6.37. The largest absolute Gasteiger partial charge is 0.332 e. The van der Waals surface area contributed by atoms with Gasteiger partial charge in [-0.25, -0.2) is 24.1 Å². The van der Waals surface area contributed by atoms with Crippen LogP contribution < -0.4 is 15.5 Å². The summed E-state index contributed by atoms with van der Waals surface area (Å²) in [7, 11) is 0. The lowest BCUT2D eigenvalue weighted by atomic mass is 10.1. The number of halogens is 2. The minimum absolute atomic E-state index is 0.331. The third kappa shape index (κ3) is 4.55. The zero-order chi connectivity index (χ0) is 25.5. The second kappa shape index (κ2) is 9.95. The van der Waals surface area contributed by atoms with Crippen molar-refractivity contribution in [2.75, 3.05) is 28.6 Å². The average Bonchev–Trinajstić information content (AvgIpc) is 3.55. The van der Waals surface area contributed by atoms with E-state index >= 15 is 0 Å². The fraction of sp³-hybridized carbons (Fsp3) is 0.231. The molecule has 4 aromatic rings. The van der Waals surface area contributed by atoms with E-state index in [1.165, 1.54) is 53.1 Å². The molecular weight excluding hydrogens is 606 g/mol. The van der Waals surface area contributed by atoms with Gasteiger partial charge in [-0.1, -0.05) is 34.7 Å². The first-order valence-electron chi connectivity index (χ1n) is 11.9. The van der Waals surface area contributed by atoms with E-state index in [4.69, 9.17) is 0 Å². The number of amides is 3. The van der Waals surface area contributed by atoms with Crippen LogP contribution >= 0.6 is 33.9 Å². The van der Waals surface area contributed by atoms with Gasteiger partial charge >= 0.3 is 6.03 Å². The number of alkyl halides is 1. The summed E-state index contributed by atoms with van der Waals surface area (Å²) in [5.74, 6) is -0.307. The minimum atomic E-state index is -0.475. The number of aromatic nitrogens is 2. The smallest absolute Gasteiger partial charge is 0.321 e. The van der Waals surface area contributed by atoms with Crippen LogP contribution in [0.4, 0.5) is 32.1 Å². The molecule has 0 aliphatic carbocycles. The number of rotatable bonds is 6. The average molecular weight is 628 g/mol. The molecule has 0 bridgehead atoms. The number of anilines is 4. The van der Waals surface area contributed by atoms with Crippen molar-refractivity contribution in [3.63, 3.8) is 0 Å². The van der Waals surface area contributed by atoms with Gasteiger partial charge in [-0.3, -0.25) is 9.69 Å². The second-order valence-corrected chi connectivity index (χ2v) is 10.8. The van der Waals surface area contributed by atoms with Gasteiger partial charge in [-0.15, -0.1) is 11.3 Å². The van der Waals surface area contributed by atoms with Crippen LogP contribution in [0.15, 0.2) is 48.8 Å². The number of urea groups is 1. The molecule has 0 unspecified atom stereocenters. The van der Waals surface area contributed by atoms with Gasteiger partial charge in [-0.2, -0.15) is 0 Å². The summed E-state index contributed by atoms with van der Waals surface area (Å²) in [4.78, 5) is 39.9. The van der Waals surface area contributed by atoms with E-state index in [-0.39, 0.29) is 11.7 Å². The van der Waals surface area contributed by atoms with E-state index in [0.29, 0.717) is 48.0 Å². The molecule has 3 amide bonds. The van der Waals surface area contributed by atoms with E-state index in [0.717, 1.165) is 19.6 Å². The van der Waals surface area contributed by atoms with E-state index in [1.807, 2.05) is 24.3 Å². The van der Waals surface area contributed by atoms with Gasteiger partial charge in [0.1, 0.15) is 21.9 Å². The summed E-state index contributed by atoms with van der Waals surface area (Å²) in [5.41, 5.74) is 3.24. The molecule has 2 aliphatic heterocycles. The van der Waals surface area contributed by atoms with E-state index in [9.17, 15) is 14.0 Å². The normalized spacial score (nSPS) is 15.3. The number of nitrogens with one attached hydrogen (secondary N) is 2. The molecule has 188 valence electrons. The molecule has 8 nitrogen and oxygen atoms in total. The maximum atomic E-state index is 14.1. The molecule has 11 heteroatoms. The number of carbonyl (C=O) groups excluding carboxylic acids is 2. The summed E-state index contributed by atoms with van der Waals surface area (Å²) < 4.78 is 14.5. The Morgan fingerprint density at radius 2 is 1.92 bits per heavy atom. The first-order chi connectivity index (χ1) is 18.0. The topological polar surface area (TPSA) is 90.5 Å². The Balaban J connectivity index is 1.29. The molecule has 0 radical (unpaired) electrons. The molecule has 6 rings (SSSR count). The van der Waals surface area contributed by atoms with Crippen LogP contribution in [-0.2, 0) is 11.0 Å². The highest BCUT2D eigenvalue weighted by Crippen LogP contribution is 2.45. The highest BCUT2D eigenvalue weighted by molar-refractivity contribution is 14.1. The molecule has 4 heterocycles. The Morgan fingerprint density at radius 3 is 2.68 bits per heavy atom. The number of thiophene rings is 1. The molecule has 2 aliphatic rings. The van der Waals surface area contributed by atoms with Gasteiger partial charge in [0.25, 0.3) is 5.91 Å². The number of hydrogen-bond acceptors (Lipinski definition) is 6. The number of likely N-dealkylation sites (tertiary alicyclic amines) is 1. The van der Waals surface area contributed by atoms with Crippen molar-refractivity contribution in [1.29, 1.82) is 0 Å². The molecule has 0 atom stereocenters. The van der Waals surface area contributed by atoms with E-state index in [2.05, 4.69) is 48.1 Å². The molecule has 2 aromatic carbocycles. The highest BCUT2D eigenvalue weighted by atomic mass is 127. The number of nitrogens with zero attached hydrogens (tertiary/aromatic N) is 4. The van der Waals surface area contributed by atoms with E-state index in [1.54, 1.807) is 6.07 Å². The van der Waals surface area contributed by atoms with Crippen LogP contribution in [0.5, 0.6) is 0 Å². The molecule has 1 saturated heterocycles. The predicted molar refractivity (Wildman–Crippen MR) is 152 cm³/mol. The molecule has 1 fully saturated rings. The Hall–Kier alpha value is -3.16. The third-order valence-corrected chi connectivity index (χ3v) is 8.49. The summed E-state index contributed by atoms with van der Waals surface area (Å²) in [6.07, 6.45) is 3.86. The highest BCUT2D eigenvalue weighted by Gasteiger charge is 2.34. The Bertz CT molecular complexity index is 1520. The van der Waals surface area contributed by atoms with Crippen LogP contribution in [0.1, 0.15) is 33.6 Å². The fourth-order valence-corrected chi connectivity index (χ4v) is 6.32. The molecular formula is C26H22FIN6O2S. The lowest BCUT2D eigenvalue weighted by Gasteiger charge is -2.27. The Labute approximate surface area is 230 Å². The second-order valence-electron chi connectivity index (χ2n) is 8.99. The standard InChI is InChI=1S/C26H22FIN6O2S/c27-19-8-7-18(11-16(19)12-28)34-23-20-21(32-26(34)36)22(37-25(20)30-14-29-23)24(35)31-17-5-3-15(4-6-17)13-33-9-1-2-10-33/h3-8,11,14H,1-2,9-10,12-13H2,(H,31,35)(H,32,36). The van der Waals surface area contributed by atoms with Crippen molar-refractivity contribution >= 4 is 79.0 Å². The minimum Gasteiger partial charge on any atom is -0.321 e. The van der Waals surface area contributed by atoms with Crippen molar-refractivity contribution in [2.45, 2.75) is 23.8 Å². The number of hydrogen-bond donors (Lipinski definition) is 2. The van der Waals surface area contributed by atoms with Crippen molar-refractivity contribution in [3.8, 4) is 0 Å². The summed E-state index contributed by atoms with van der Waals surface area (Å²) >= 11 is 3.27. The number of benzene rings is 2. The van der Waals surface area contributed by atoms with Crippen molar-refractivity contribution < 1.29 is 14.0 Å². The van der Waals surface area contributed by atoms with Crippen LogP contribution in [0.25, 0.3) is 10.2 Å². The number of carbonyl (C=O) groups is 2. The van der Waals surface area contributed by atoms with Crippen molar-refractivity contribution in [1.82, 2.24) is 14.9 Å². The molecule has 2 N–H and O–H groups in total. The lowest BCUT2D eigenvalue weighted by molar-refractivity contribution is 0.103. The molecule has 37 heavy (non-hydrogen) atoms. The molecule has 0 saturated carbocycles. The van der Waals surface area contributed by atoms with Crippen LogP contribution in [0.2, 0.25) is 0 Å². The first-order valence-corrected chi connectivity index (χ1v) is 14.2. The molecule has 0 spiro atoms. The monoisotopic (exact) mass is 628 g/mol. The summed E-state index contributed by atoms with van der Waals surface area (Å²) in [6, 6.07) is 11.9. The first kappa shape index (κ1) is 24.2. The van der Waals surface area contributed by atoms with Gasteiger partial charge < -0.3 is 10.6 Å². The van der Waals surface area contributed by atoms with Crippen molar-refractivity contribution in [3.05, 3.63) is 70.6 Å². The maximum Gasteiger partial charge on any atom is 0.332 e. The van der Waals surface area contributed by atoms with Gasteiger partial charge in [0.15, 0.2) is 5.82 Å². The SMILES string of the molecule is O=C(Nc1ccc(CN2CCCC2)cc1)c1sc2ncnc3c2c1NC(=O)N3c1ccc(F)c(CI)c1. The zero-order valence-corrected chi connectivity index (χ0v) is 22.6. The Morgan fingerprint density at radius 1 is 1.14 bits per heavy atom. The van der Waals surface area contributed by atoms with Gasteiger partial charge in [-0.05, 0) is 67.4 Å². The lowest BCUT2D eigenvalue weighted by Crippen LogP contribution is -2.35. The van der Waals surface area contributed by atoms with Crippen LogP contribution in [0, 0.1) is 5.82 Å². The fourth-order valence-electron chi connectivity index (χ4n) is 4.75. The van der Waals surface area contributed by atoms with Crippen molar-refractivity contribution in [2.24, 2.45) is 0 Å². The van der Waals surface area contributed by atoms with Gasteiger partial charge in [0.05, 0.1) is 16.8 Å². The van der Waals surface area contributed by atoms with Gasteiger partial charge in [0, 0.05) is 16.7 Å². The predicted octanol–water partition coefficient (Wildman–Crippen LogP) is 6.30. The van der Waals surface area contributed by atoms with Gasteiger partial charge in [0.2, 0.25) is 0 Å². The summed E-state index contributed by atoms with van der Waals surface area (Å²) in [6.45, 7) is 3.16. The van der Waals surface area contributed by atoms with Crippen LogP contribution in [-0.4, -0.2) is 39.9 Å². The quantitative estimate of drug-likeness (QED) is 0.193. The van der Waals surface area contributed by atoms with Crippen LogP contribution in [0.3, 0.4) is 0 Å². The maximum absolute atomic E-state index is 14.1. The Kier molecular flexibility index (Phi) is 6.51. The zero-order valence-electron chi connectivity index (χ0n) is 19.6.